The second-order valence-electron chi connectivity index (χ2n) is 1.67. The summed E-state index contributed by atoms with van der Waals surface area (Å²) in [5.41, 5.74) is 0. The number of hydrogen-bond acceptors (Lipinski definition) is 4. The Morgan fingerprint density at radius 2 is 2.00 bits per heavy atom. The Kier molecular flexibility index (Phi) is 4.21. The molecule has 0 rings (SSSR count). The Balaban J connectivity index is 3.28. The zero-order chi connectivity index (χ0) is 7.28. The Morgan fingerprint density at radius 3 is 2.33 bits per heavy atom. The van der Waals surface area contributed by atoms with E-state index in [1.165, 1.54) is 0 Å². The molecule has 0 fully saturated rings. The fourth-order valence-electron chi connectivity index (χ4n) is 0.382. The van der Waals surface area contributed by atoms with Crippen LogP contribution in [0.15, 0.2) is 0 Å². The Labute approximate surface area is 52.7 Å². The summed E-state index contributed by atoms with van der Waals surface area (Å²) in [7, 11) is 0. The highest BCUT2D eigenvalue weighted by Gasteiger charge is 2.08. The summed E-state index contributed by atoms with van der Waals surface area (Å²) in [6, 6.07) is 0. The highest BCUT2D eigenvalue weighted by molar-refractivity contribution is 5.81. The summed E-state index contributed by atoms with van der Waals surface area (Å²) in [4.78, 5) is 10.3. The molecule has 0 aliphatic heterocycles. The van der Waals surface area contributed by atoms with Crippen LogP contribution in [0.1, 0.15) is 12.8 Å². The van der Waals surface area contributed by atoms with Crippen molar-refractivity contribution in [2.45, 2.75) is 19.1 Å². The molecular weight excluding hydrogens is 124 g/mol. The maximum absolute atomic E-state index is 10.3. The summed E-state index contributed by atoms with van der Waals surface area (Å²) in [5.74, 6) is -0.649. The van der Waals surface area contributed by atoms with E-state index in [4.69, 9.17) is 15.3 Å². The number of aliphatic hydroxyl groups is 3. The molecule has 9 heavy (non-hydrogen) atoms. The van der Waals surface area contributed by atoms with Crippen LogP contribution in [0.5, 0.6) is 0 Å². The highest BCUT2D eigenvalue weighted by atomic mass is 16.5. The van der Waals surface area contributed by atoms with Crippen LogP contribution in [0.3, 0.4) is 0 Å². The molecule has 0 aliphatic carbocycles. The third kappa shape index (κ3) is 4.08. The van der Waals surface area contributed by atoms with Gasteiger partial charge in [-0.05, 0) is 6.42 Å². The number of carbonyl (C=O) groups excluding carboxylic acids is 1. The molecule has 0 aromatic carbocycles. The average Bonchev–Trinajstić information content (AvgIpc) is 1.82. The zero-order valence-electron chi connectivity index (χ0n) is 4.95. The number of hydrogen-bond donors (Lipinski definition) is 3. The monoisotopic (exact) mass is 134 g/mol. The predicted molar refractivity (Wildman–Crippen MR) is 29.6 cm³/mol. The lowest BCUT2D eigenvalue weighted by Crippen LogP contribution is -2.18. The molecule has 3 N–H and O–H groups in total. The molecule has 0 atom stereocenters. The quantitative estimate of drug-likeness (QED) is 0.415. The first-order valence-corrected chi connectivity index (χ1v) is 2.68. The van der Waals surface area contributed by atoms with E-state index in [2.05, 4.69) is 0 Å². The molecule has 0 spiro atoms. The predicted octanol–water partition coefficient (Wildman–Crippen LogP) is -1.36. The standard InChI is InChI=1S/C5H10O4/c6-3-1-2-4(7)5(8)9/h5-6,8-9H,1-3H2. The van der Waals surface area contributed by atoms with Crippen molar-refractivity contribution >= 4 is 5.78 Å². The van der Waals surface area contributed by atoms with Gasteiger partial charge in [-0.3, -0.25) is 4.79 Å². The fraction of sp³-hybridized carbons (Fsp3) is 0.800. The smallest absolute Gasteiger partial charge is 0.212 e. The van der Waals surface area contributed by atoms with Crippen LogP contribution in [0, 0.1) is 0 Å². The summed E-state index contributed by atoms with van der Waals surface area (Å²) in [5, 5.41) is 24.5. The largest absolute Gasteiger partial charge is 0.396 e. The molecule has 0 aliphatic rings. The van der Waals surface area contributed by atoms with Gasteiger partial charge in [0.2, 0.25) is 6.29 Å². The molecule has 0 radical (unpaired) electrons. The zero-order valence-corrected chi connectivity index (χ0v) is 4.95. The van der Waals surface area contributed by atoms with E-state index in [0.29, 0.717) is 0 Å². The third-order valence-electron chi connectivity index (χ3n) is 0.869. The number of ketones is 1. The first kappa shape index (κ1) is 8.55. The van der Waals surface area contributed by atoms with Gasteiger partial charge in [0.25, 0.3) is 0 Å². The molecule has 4 nitrogen and oxygen atoms in total. The van der Waals surface area contributed by atoms with E-state index in [-0.39, 0.29) is 19.4 Å². The lowest BCUT2D eigenvalue weighted by Gasteiger charge is -1.98. The van der Waals surface area contributed by atoms with Gasteiger partial charge in [0.05, 0.1) is 0 Å². The van der Waals surface area contributed by atoms with Gasteiger partial charge in [0, 0.05) is 13.0 Å². The Hall–Kier alpha value is -0.450. The number of aliphatic hydroxyl groups excluding tert-OH is 2. The van der Waals surface area contributed by atoms with Gasteiger partial charge in [-0.25, -0.2) is 0 Å². The van der Waals surface area contributed by atoms with E-state index < -0.39 is 12.1 Å². The van der Waals surface area contributed by atoms with Crippen molar-refractivity contribution in [1.29, 1.82) is 0 Å². The van der Waals surface area contributed by atoms with Crippen LogP contribution < -0.4 is 0 Å². The number of Topliss-reactive ketones (excluding diaryl/α,β-unsaturated/α-hetero) is 1. The molecule has 0 unspecified atom stereocenters. The van der Waals surface area contributed by atoms with Crippen molar-refractivity contribution in [2.24, 2.45) is 0 Å². The van der Waals surface area contributed by atoms with Gasteiger partial charge in [-0.1, -0.05) is 0 Å². The minimum absolute atomic E-state index is 0.0220. The second kappa shape index (κ2) is 4.43. The first-order valence-electron chi connectivity index (χ1n) is 2.68. The fourth-order valence-corrected chi connectivity index (χ4v) is 0.382. The van der Waals surface area contributed by atoms with Crippen molar-refractivity contribution in [3.05, 3.63) is 0 Å². The van der Waals surface area contributed by atoms with Gasteiger partial charge in [-0.2, -0.15) is 0 Å². The molecule has 0 aromatic rings. The van der Waals surface area contributed by atoms with Crippen LogP contribution in [-0.4, -0.2) is 34.0 Å². The van der Waals surface area contributed by atoms with E-state index in [9.17, 15) is 4.79 Å². The molecule has 0 saturated carbocycles. The molecule has 0 amide bonds. The van der Waals surface area contributed by atoms with Crippen LogP contribution >= 0.6 is 0 Å². The van der Waals surface area contributed by atoms with E-state index in [0.717, 1.165) is 0 Å². The summed E-state index contributed by atoms with van der Waals surface area (Å²) >= 11 is 0. The average molecular weight is 134 g/mol. The molecule has 0 aromatic heterocycles. The summed E-state index contributed by atoms with van der Waals surface area (Å²) < 4.78 is 0. The molecule has 4 heteroatoms. The van der Waals surface area contributed by atoms with Gasteiger partial charge in [-0.15, -0.1) is 0 Å². The SMILES string of the molecule is O=C(CCCO)C(O)O. The maximum Gasteiger partial charge on any atom is 0.212 e. The molecule has 0 heterocycles. The van der Waals surface area contributed by atoms with Gasteiger partial charge in [0.15, 0.2) is 5.78 Å². The number of carbonyl (C=O) groups is 1. The van der Waals surface area contributed by atoms with Crippen molar-refractivity contribution in [1.82, 2.24) is 0 Å². The topological polar surface area (TPSA) is 77.8 Å². The molecular formula is C5H10O4. The summed E-state index contributed by atoms with van der Waals surface area (Å²) in [6.45, 7) is -0.0988. The first-order chi connectivity index (χ1) is 4.18. The van der Waals surface area contributed by atoms with Crippen LogP contribution in [-0.2, 0) is 4.79 Å². The molecule has 0 bridgehead atoms. The highest BCUT2D eigenvalue weighted by Crippen LogP contribution is 1.91. The van der Waals surface area contributed by atoms with E-state index >= 15 is 0 Å². The van der Waals surface area contributed by atoms with Crippen LogP contribution in [0.25, 0.3) is 0 Å². The van der Waals surface area contributed by atoms with E-state index in [1.807, 2.05) is 0 Å². The summed E-state index contributed by atoms with van der Waals surface area (Å²) in [6.07, 6.45) is -1.57. The normalized spacial score (nSPS) is 10.2. The van der Waals surface area contributed by atoms with Crippen LogP contribution in [0.2, 0.25) is 0 Å². The van der Waals surface area contributed by atoms with E-state index in [1.54, 1.807) is 0 Å². The Bertz CT molecular complexity index is 89.0. The lowest BCUT2D eigenvalue weighted by molar-refractivity contribution is -0.145. The third-order valence-corrected chi connectivity index (χ3v) is 0.869. The van der Waals surface area contributed by atoms with Crippen LogP contribution in [0.4, 0.5) is 0 Å². The minimum atomic E-state index is -1.88. The van der Waals surface area contributed by atoms with Crippen molar-refractivity contribution in [3.63, 3.8) is 0 Å². The molecule has 0 saturated heterocycles. The lowest BCUT2D eigenvalue weighted by atomic mass is 10.2. The van der Waals surface area contributed by atoms with Crippen molar-refractivity contribution < 1.29 is 20.1 Å². The van der Waals surface area contributed by atoms with Crippen molar-refractivity contribution in [3.8, 4) is 0 Å². The van der Waals surface area contributed by atoms with Gasteiger partial charge < -0.3 is 15.3 Å². The van der Waals surface area contributed by atoms with Gasteiger partial charge in [0.1, 0.15) is 0 Å². The number of rotatable bonds is 4. The van der Waals surface area contributed by atoms with Gasteiger partial charge >= 0.3 is 0 Å². The molecule has 54 valence electrons. The van der Waals surface area contributed by atoms with Crippen molar-refractivity contribution in [2.75, 3.05) is 6.61 Å². The Morgan fingerprint density at radius 1 is 1.44 bits per heavy atom. The minimum Gasteiger partial charge on any atom is -0.396 e. The second-order valence-corrected chi connectivity index (χ2v) is 1.67. The maximum atomic E-state index is 10.3.